The lowest BCUT2D eigenvalue weighted by atomic mass is 9.88. The van der Waals surface area contributed by atoms with Gasteiger partial charge in [0.15, 0.2) is 0 Å². The van der Waals surface area contributed by atoms with E-state index in [1.807, 2.05) is 11.3 Å². The first-order valence-corrected chi connectivity index (χ1v) is 11.6. The molecule has 1 aromatic carbocycles. The van der Waals surface area contributed by atoms with Gasteiger partial charge in [-0.25, -0.2) is 4.98 Å². The molecule has 29 heavy (non-hydrogen) atoms. The summed E-state index contributed by atoms with van der Waals surface area (Å²) in [5.41, 5.74) is 3.25. The SMILES string of the molecule is O=c1[nH]c(C2CCCCC2)nc2c1CN(Cc1ccc(-c3ccccc3)s1)CC2. The second kappa shape index (κ2) is 8.25. The lowest BCUT2D eigenvalue weighted by Gasteiger charge is -2.28. The Kier molecular flexibility index (Phi) is 5.34. The van der Waals surface area contributed by atoms with Gasteiger partial charge in [-0.3, -0.25) is 9.69 Å². The Morgan fingerprint density at radius 2 is 1.90 bits per heavy atom. The zero-order valence-corrected chi connectivity index (χ0v) is 17.5. The molecular weight excluding hydrogens is 378 g/mol. The van der Waals surface area contributed by atoms with E-state index < -0.39 is 0 Å². The van der Waals surface area contributed by atoms with Gasteiger partial charge in [0.05, 0.1) is 11.3 Å². The molecule has 150 valence electrons. The minimum absolute atomic E-state index is 0.0800. The average molecular weight is 406 g/mol. The van der Waals surface area contributed by atoms with E-state index in [0.717, 1.165) is 49.4 Å². The van der Waals surface area contributed by atoms with Crippen molar-refractivity contribution in [2.75, 3.05) is 6.54 Å². The van der Waals surface area contributed by atoms with E-state index in [2.05, 4.69) is 52.3 Å². The lowest BCUT2D eigenvalue weighted by molar-refractivity contribution is 0.243. The van der Waals surface area contributed by atoms with Crippen LogP contribution < -0.4 is 5.56 Å². The van der Waals surface area contributed by atoms with Crippen LogP contribution in [0.1, 0.15) is 60.0 Å². The molecule has 0 bridgehead atoms. The van der Waals surface area contributed by atoms with Crippen LogP contribution in [-0.4, -0.2) is 21.4 Å². The van der Waals surface area contributed by atoms with Crippen molar-refractivity contribution in [2.24, 2.45) is 0 Å². The molecule has 0 spiro atoms. The molecule has 1 aliphatic carbocycles. The fraction of sp³-hybridized carbons (Fsp3) is 0.417. The summed E-state index contributed by atoms with van der Waals surface area (Å²) < 4.78 is 0. The smallest absolute Gasteiger partial charge is 0.255 e. The molecule has 0 atom stereocenters. The highest BCUT2D eigenvalue weighted by Crippen LogP contribution is 2.32. The summed E-state index contributed by atoms with van der Waals surface area (Å²) in [7, 11) is 0. The summed E-state index contributed by atoms with van der Waals surface area (Å²) in [6.07, 6.45) is 7.02. The van der Waals surface area contributed by atoms with Crippen molar-refractivity contribution < 1.29 is 0 Å². The number of nitrogens with zero attached hydrogens (tertiary/aromatic N) is 2. The number of aromatic amines is 1. The number of fused-ring (bicyclic) bond motifs is 1. The van der Waals surface area contributed by atoms with E-state index in [4.69, 9.17) is 4.98 Å². The topological polar surface area (TPSA) is 49.0 Å². The molecule has 0 unspecified atom stereocenters. The number of aromatic nitrogens is 2. The van der Waals surface area contributed by atoms with Crippen molar-refractivity contribution in [2.45, 2.75) is 57.5 Å². The first kappa shape index (κ1) is 18.8. The molecule has 5 heteroatoms. The van der Waals surface area contributed by atoms with Crippen LogP contribution in [0.25, 0.3) is 10.4 Å². The predicted molar refractivity (Wildman–Crippen MR) is 118 cm³/mol. The second-order valence-electron chi connectivity index (χ2n) is 8.30. The number of nitrogens with one attached hydrogen (secondary N) is 1. The maximum atomic E-state index is 12.8. The molecule has 1 saturated carbocycles. The Labute approximate surface area is 175 Å². The van der Waals surface area contributed by atoms with Crippen LogP contribution in [0, 0.1) is 0 Å². The molecule has 3 heterocycles. The van der Waals surface area contributed by atoms with Crippen LogP contribution in [0.5, 0.6) is 0 Å². The normalized spacial score (nSPS) is 17.9. The number of hydrogen-bond donors (Lipinski definition) is 1. The van der Waals surface area contributed by atoms with Gasteiger partial charge in [0.1, 0.15) is 5.82 Å². The molecule has 0 amide bonds. The molecular formula is C24H27N3OS. The monoisotopic (exact) mass is 405 g/mol. The largest absolute Gasteiger partial charge is 0.310 e. The highest BCUT2D eigenvalue weighted by atomic mass is 32.1. The molecule has 4 nitrogen and oxygen atoms in total. The van der Waals surface area contributed by atoms with E-state index in [1.165, 1.54) is 34.6 Å². The van der Waals surface area contributed by atoms with Crippen LogP contribution in [0.4, 0.5) is 0 Å². The van der Waals surface area contributed by atoms with Crippen LogP contribution in [0.3, 0.4) is 0 Å². The third-order valence-corrected chi connectivity index (χ3v) is 7.38. The van der Waals surface area contributed by atoms with E-state index in [9.17, 15) is 4.79 Å². The Balaban J connectivity index is 1.30. The van der Waals surface area contributed by atoms with Gasteiger partial charge in [0.25, 0.3) is 5.56 Å². The quantitative estimate of drug-likeness (QED) is 0.657. The highest BCUT2D eigenvalue weighted by Gasteiger charge is 2.24. The van der Waals surface area contributed by atoms with E-state index in [-0.39, 0.29) is 5.56 Å². The lowest BCUT2D eigenvalue weighted by Crippen LogP contribution is -2.36. The van der Waals surface area contributed by atoms with E-state index in [0.29, 0.717) is 12.5 Å². The summed E-state index contributed by atoms with van der Waals surface area (Å²) in [5, 5.41) is 0. The average Bonchev–Trinajstić information content (AvgIpc) is 3.24. The number of H-pyrrole nitrogens is 1. The summed E-state index contributed by atoms with van der Waals surface area (Å²) >= 11 is 1.84. The van der Waals surface area contributed by atoms with Crippen molar-refractivity contribution in [3.8, 4) is 10.4 Å². The van der Waals surface area contributed by atoms with E-state index >= 15 is 0 Å². The minimum Gasteiger partial charge on any atom is -0.310 e. The molecule has 1 aliphatic heterocycles. The Morgan fingerprint density at radius 1 is 1.07 bits per heavy atom. The second-order valence-corrected chi connectivity index (χ2v) is 9.47. The molecule has 1 fully saturated rings. The molecule has 3 aromatic rings. The predicted octanol–water partition coefficient (Wildman–Crippen LogP) is 5.10. The van der Waals surface area contributed by atoms with Gasteiger partial charge in [0, 0.05) is 41.7 Å². The summed E-state index contributed by atoms with van der Waals surface area (Å²) in [5.74, 6) is 1.38. The Hall–Kier alpha value is -2.24. The maximum Gasteiger partial charge on any atom is 0.255 e. The zero-order valence-electron chi connectivity index (χ0n) is 16.7. The van der Waals surface area contributed by atoms with Crippen LogP contribution >= 0.6 is 11.3 Å². The van der Waals surface area contributed by atoms with Gasteiger partial charge in [-0.15, -0.1) is 11.3 Å². The van der Waals surface area contributed by atoms with Gasteiger partial charge < -0.3 is 4.98 Å². The number of hydrogen-bond acceptors (Lipinski definition) is 4. The Bertz CT molecular complexity index is 1030. The van der Waals surface area contributed by atoms with Gasteiger partial charge in [-0.05, 0) is 30.5 Å². The molecule has 1 N–H and O–H groups in total. The van der Waals surface area contributed by atoms with Gasteiger partial charge in [-0.1, -0.05) is 49.6 Å². The number of rotatable bonds is 4. The van der Waals surface area contributed by atoms with Gasteiger partial charge in [-0.2, -0.15) is 0 Å². The van der Waals surface area contributed by atoms with Crippen molar-refractivity contribution in [1.29, 1.82) is 0 Å². The highest BCUT2D eigenvalue weighted by molar-refractivity contribution is 7.15. The number of thiophene rings is 1. The zero-order chi connectivity index (χ0) is 19.6. The standard InChI is InChI=1S/C24H27N3OS/c28-24-20-16-27(15-19-11-12-22(29-19)17-7-3-1-4-8-17)14-13-21(20)25-23(26-24)18-9-5-2-6-10-18/h1,3-4,7-8,11-12,18H,2,5-6,9-10,13-16H2,(H,25,26,28). The molecule has 2 aliphatic rings. The maximum absolute atomic E-state index is 12.8. The van der Waals surface area contributed by atoms with E-state index in [1.54, 1.807) is 0 Å². The summed E-state index contributed by atoms with van der Waals surface area (Å²) in [4.78, 5) is 25.8. The van der Waals surface area contributed by atoms with Crippen molar-refractivity contribution >= 4 is 11.3 Å². The third-order valence-electron chi connectivity index (χ3n) is 6.26. The molecule has 0 saturated heterocycles. The summed E-state index contributed by atoms with van der Waals surface area (Å²) in [6.45, 7) is 2.55. The van der Waals surface area contributed by atoms with Crippen molar-refractivity contribution in [3.63, 3.8) is 0 Å². The molecule has 2 aromatic heterocycles. The first-order chi connectivity index (χ1) is 14.3. The number of benzene rings is 1. The fourth-order valence-corrected chi connectivity index (χ4v) is 5.70. The van der Waals surface area contributed by atoms with Crippen LogP contribution in [0.15, 0.2) is 47.3 Å². The third kappa shape index (κ3) is 4.07. The van der Waals surface area contributed by atoms with Gasteiger partial charge in [0.2, 0.25) is 0 Å². The first-order valence-electron chi connectivity index (χ1n) is 10.7. The van der Waals surface area contributed by atoms with Crippen molar-refractivity contribution in [3.05, 3.63) is 74.8 Å². The van der Waals surface area contributed by atoms with Crippen LogP contribution in [-0.2, 0) is 19.5 Å². The molecule has 5 rings (SSSR count). The van der Waals surface area contributed by atoms with Crippen molar-refractivity contribution in [1.82, 2.24) is 14.9 Å². The fourth-order valence-electron chi connectivity index (χ4n) is 4.65. The molecule has 0 radical (unpaired) electrons. The van der Waals surface area contributed by atoms with Crippen LogP contribution in [0.2, 0.25) is 0 Å². The summed E-state index contributed by atoms with van der Waals surface area (Å²) in [6, 6.07) is 14.9. The van der Waals surface area contributed by atoms with Gasteiger partial charge >= 0.3 is 0 Å². The Morgan fingerprint density at radius 3 is 2.72 bits per heavy atom. The minimum atomic E-state index is 0.0800.